The van der Waals surface area contributed by atoms with E-state index >= 15 is 0 Å². The summed E-state index contributed by atoms with van der Waals surface area (Å²) in [6.45, 7) is 9.59. The fourth-order valence-corrected chi connectivity index (χ4v) is 14.0. The van der Waals surface area contributed by atoms with Crippen molar-refractivity contribution in [1.29, 1.82) is 0 Å². The number of nitro benzene ring substituents is 1. The molecule has 5 aliphatic rings. The van der Waals surface area contributed by atoms with E-state index in [4.69, 9.17) is 16.3 Å². The number of halogens is 1. The SMILES string of the molecule is CC1(C)CCC(CN2CCN(c3ccc(C(=O)NS(=O)(=O)c4ccc(NCC5CCN(C(=O)CCSc6cccc7c6C(=O)N(C6CCC(=O)NC6=O)C7=O)CC5)c([N+](=O)[O-])c4)c(Oc4cnc5[nH]ccc5c4)c3)CC2)=C(c2ccc(Cl)cc2)C1. The number of amides is 6. The maximum atomic E-state index is 14.2. The molecule has 24 heteroatoms. The minimum atomic E-state index is -4.68. The number of hydrogen-bond acceptors (Lipinski definition) is 16. The van der Waals surface area contributed by atoms with E-state index in [1.807, 2.05) is 18.2 Å². The van der Waals surface area contributed by atoms with Gasteiger partial charge in [-0.25, -0.2) is 18.1 Å². The standard InChI is InChI=1S/C61H63ClN10O11S2/c1-61(2)21-16-40(47(33-61)38-6-8-41(62)9-7-38)36-68-25-27-69(28-26-68)42-10-12-45(51(31-42)83-43-30-39-17-22-63-56(39)65-35-43)57(75)67-85(81,82)44-11-13-48(50(32-44)72(79)80)64-34-37-18-23-70(24-19-37)54(74)20-29-84-52-5-3-4-46-55(52)60(78)71(59(46)77)49-14-15-53(73)66-58(49)76/h3-13,17,22,30-32,35,37,49,64H,14-16,18-21,23-29,33-34,36H2,1-2H3,(H,63,65)(H,67,75)(H,66,73,76). The molecule has 3 saturated heterocycles. The number of H-pyrrole nitrogens is 1. The van der Waals surface area contributed by atoms with Gasteiger partial charge in [0.2, 0.25) is 17.7 Å². The number of hydrogen-bond donors (Lipinski definition) is 4. The summed E-state index contributed by atoms with van der Waals surface area (Å²) in [6, 6.07) is 23.8. The molecule has 6 aromatic rings. The molecule has 0 radical (unpaired) electrons. The van der Waals surface area contributed by atoms with Gasteiger partial charge in [0.05, 0.1) is 32.7 Å². The van der Waals surface area contributed by atoms with Crippen LogP contribution in [0.3, 0.4) is 0 Å². The molecule has 4 aromatic carbocycles. The lowest BCUT2D eigenvalue weighted by Gasteiger charge is -2.39. The summed E-state index contributed by atoms with van der Waals surface area (Å²) in [6.07, 6.45) is 7.72. The highest BCUT2D eigenvalue weighted by Gasteiger charge is 2.46. The normalized spacial score (nSPS) is 18.6. The van der Waals surface area contributed by atoms with Crippen LogP contribution in [0.5, 0.6) is 11.5 Å². The molecule has 3 fully saturated rings. The van der Waals surface area contributed by atoms with Crippen LogP contribution in [0.15, 0.2) is 119 Å². The van der Waals surface area contributed by atoms with Crippen molar-refractivity contribution >= 4 is 102 Å². The average molecular weight is 1210 g/mol. The predicted molar refractivity (Wildman–Crippen MR) is 321 cm³/mol. The van der Waals surface area contributed by atoms with Gasteiger partial charge in [0.25, 0.3) is 33.4 Å². The summed E-state index contributed by atoms with van der Waals surface area (Å²) in [5.74, 6) is -2.77. The van der Waals surface area contributed by atoms with Crippen molar-refractivity contribution in [3.63, 3.8) is 0 Å². The van der Waals surface area contributed by atoms with Crippen LogP contribution in [0.1, 0.15) is 102 Å². The molecule has 6 amide bonds. The number of likely N-dealkylation sites (tertiary alicyclic amines) is 1. The van der Waals surface area contributed by atoms with Gasteiger partial charge in [-0.1, -0.05) is 49.2 Å². The van der Waals surface area contributed by atoms with Gasteiger partial charge in [0.1, 0.15) is 28.9 Å². The van der Waals surface area contributed by atoms with Crippen LogP contribution in [-0.4, -0.2) is 138 Å². The number of piperazine rings is 1. The Balaban J connectivity index is 0.701. The molecular weight excluding hydrogens is 1150 g/mol. The smallest absolute Gasteiger partial charge is 0.293 e. The van der Waals surface area contributed by atoms with E-state index in [9.17, 15) is 47.3 Å². The summed E-state index contributed by atoms with van der Waals surface area (Å²) in [5.41, 5.74) is 5.44. The zero-order valence-electron chi connectivity index (χ0n) is 46.9. The molecule has 2 aromatic heterocycles. The van der Waals surface area contributed by atoms with Gasteiger partial charge in [-0.3, -0.25) is 54.0 Å². The third-order valence-corrected chi connectivity index (χ3v) is 19.2. The first-order chi connectivity index (χ1) is 40.8. The molecule has 85 heavy (non-hydrogen) atoms. The molecule has 21 nitrogen and oxygen atoms in total. The highest BCUT2D eigenvalue weighted by atomic mass is 35.5. The van der Waals surface area contributed by atoms with Gasteiger partial charge in [-0.2, -0.15) is 0 Å². The van der Waals surface area contributed by atoms with Crippen LogP contribution in [0.2, 0.25) is 5.02 Å². The van der Waals surface area contributed by atoms with E-state index in [-0.39, 0.29) is 64.6 Å². The number of carbonyl (C=O) groups is 6. The second-order valence-corrected chi connectivity index (χ2v) is 26.1. The number of nitro groups is 1. The number of pyridine rings is 1. The molecule has 1 aliphatic carbocycles. The van der Waals surface area contributed by atoms with Crippen molar-refractivity contribution in [2.24, 2.45) is 11.3 Å². The van der Waals surface area contributed by atoms with E-state index in [2.05, 4.69) is 61.1 Å². The number of benzene rings is 4. The molecule has 0 saturated carbocycles. The Morgan fingerprint density at radius 1 is 0.906 bits per heavy atom. The number of aromatic nitrogens is 2. The first-order valence-electron chi connectivity index (χ1n) is 28.3. The summed E-state index contributed by atoms with van der Waals surface area (Å²) < 4.78 is 36.4. The Bertz CT molecular complexity index is 3820. The van der Waals surface area contributed by atoms with Crippen LogP contribution in [0.25, 0.3) is 16.6 Å². The predicted octanol–water partition coefficient (Wildman–Crippen LogP) is 9.06. The van der Waals surface area contributed by atoms with Crippen molar-refractivity contribution in [1.82, 2.24) is 34.7 Å². The Morgan fingerprint density at radius 3 is 2.44 bits per heavy atom. The quantitative estimate of drug-likeness (QED) is 0.0270. The van der Waals surface area contributed by atoms with Crippen molar-refractivity contribution in [2.45, 2.75) is 81.0 Å². The van der Waals surface area contributed by atoms with E-state index in [0.717, 1.165) is 60.9 Å². The lowest BCUT2D eigenvalue weighted by Crippen LogP contribution is -2.54. The molecule has 0 spiro atoms. The number of ether oxygens (including phenoxy) is 1. The topological polar surface area (TPSA) is 267 Å². The molecule has 442 valence electrons. The first kappa shape index (κ1) is 58.6. The average Bonchev–Trinajstić information content (AvgIpc) is 1.94. The van der Waals surface area contributed by atoms with Crippen LogP contribution < -0.4 is 25.0 Å². The van der Waals surface area contributed by atoms with Crippen LogP contribution >= 0.6 is 23.4 Å². The number of nitrogens with one attached hydrogen (secondary N) is 4. The number of aromatic amines is 1. The van der Waals surface area contributed by atoms with Crippen molar-refractivity contribution in [3.05, 3.63) is 146 Å². The summed E-state index contributed by atoms with van der Waals surface area (Å²) >= 11 is 7.52. The molecule has 11 rings (SSSR count). The zero-order chi connectivity index (χ0) is 59.7. The molecule has 0 bridgehead atoms. The molecule has 6 heterocycles. The van der Waals surface area contributed by atoms with Crippen molar-refractivity contribution in [2.75, 3.05) is 68.3 Å². The summed E-state index contributed by atoms with van der Waals surface area (Å²) in [5, 5.41) is 19.2. The Hall–Kier alpha value is -8.12. The number of imide groups is 2. The van der Waals surface area contributed by atoms with E-state index in [1.165, 1.54) is 58.9 Å². The van der Waals surface area contributed by atoms with Gasteiger partial charge in [-0.05, 0) is 122 Å². The number of piperidine rings is 2. The largest absolute Gasteiger partial charge is 0.455 e. The van der Waals surface area contributed by atoms with Gasteiger partial charge in [0, 0.05) is 110 Å². The molecule has 4 N–H and O–H groups in total. The summed E-state index contributed by atoms with van der Waals surface area (Å²) in [7, 11) is -4.68. The van der Waals surface area contributed by atoms with Gasteiger partial charge in [-0.15, -0.1) is 11.8 Å². The Morgan fingerprint density at radius 2 is 1.68 bits per heavy atom. The van der Waals surface area contributed by atoms with Crippen molar-refractivity contribution < 1.29 is 46.8 Å². The number of rotatable bonds is 18. The first-order valence-corrected chi connectivity index (χ1v) is 31.2. The van der Waals surface area contributed by atoms with Crippen LogP contribution in [0, 0.1) is 21.4 Å². The number of thioether (sulfide) groups is 1. The zero-order valence-corrected chi connectivity index (χ0v) is 49.2. The molecule has 4 aliphatic heterocycles. The lowest BCUT2D eigenvalue weighted by molar-refractivity contribution is -0.384. The highest BCUT2D eigenvalue weighted by molar-refractivity contribution is 7.99. The fraction of sp³-hybridized carbons (Fsp3) is 0.361. The number of allylic oxidation sites excluding steroid dienone is 1. The monoisotopic (exact) mass is 1210 g/mol. The minimum Gasteiger partial charge on any atom is -0.455 e. The third kappa shape index (κ3) is 12.9. The fourth-order valence-electron chi connectivity index (χ4n) is 11.8. The van der Waals surface area contributed by atoms with E-state index in [1.54, 1.807) is 41.4 Å². The maximum absolute atomic E-state index is 14.2. The van der Waals surface area contributed by atoms with Crippen molar-refractivity contribution in [3.8, 4) is 11.5 Å². The van der Waals surface area contributed by atoms with Gasteiger partial charge >= 0.3 is 0 Å². The Kier molecular flexibility index (Phi) is 16.9. The number of nitrogens with zero attached hydrogens (tertiary/aromatic N) is 6. The molecule has 1 atom stereocenters. The minimum absolute atomic E-state index is 0.00645. The number of sulfonamides is 1. The third-order valence-electron chi connectivity index (χ3n) is 16.6. The van der Waals surface area contributed by atoms with E-state index < -0.39 is 61.1 Å². The number of fused-ring (bicyclic) bond motifs is 2. The van der Waals surface area contributed by atoms with Crippen LogP contribution in [-0.2, 0) is 24.4 Å². The van der Waals surface area contributed by atoms with Gasteiger partial charge in [0.15, 0.2) is 0 Å². The molecular formula is C61H63ClN10O11S2. The highest BCUT2D eigenvalue weighted by Crippen LogP contribution is 2.44. The van der Waals surface area contributed by atoms with Crippen LogP contribution in [0.4, 0.5) is 17.1 Å². The second kappa shape index (κ2) is 24.5. The van der Waals surface area contributed by atoms with E-state index in [0.29, 0.717) is 72.6 Å². The maximum Gasteiger partial charge on any atom is 0.293 e. The lowest BCUT2D eigenvalue weighted by atomic mass is 9.72. The molecule has 1 unspecified atom stereocenters. The summed E-state index contributed by atoms with van der Waals surface area (Å²) in [4.78, 5) is 105. The second-order valence-electron chi connectivity index (χ2n) is 22.9. The van der Waals surface area contributed by atoms with Gasteiger partial charge < -0.3 is 24.8 Å². The Labute approximate surface area is 500 Å². The number of carbonyl (C=O) groups excluding carboxylic acids is 6. The number of anilines is 2.